The van der Waals surface area contributed by atoms with Crippen LogP contribution in [-0.4, -0.2) is 53.2 Å². The quantitative estimate of drug-likeness (QED) is 0.870. The third-order valence-corrected chi connectivity index (χ3v) is 4.98. The van der Waals surface area contributed by atoms with E-state index in [-0.39, 0.29) is 18.5 Å². The number of anilines is 1. The summed E-state index contributed by atoms with van der Waals surface area (Å²) in [5.74, 6) is -0.143. The molecule has 0 saturated carbocycles. The summed E-state index contributed by atoms with van der Waals surface area (Å²) >= 11 is 0. The zero-order valence-electron chi connectivity index (χ0n) is 14.6. The number of amides is 2. The SMILES string of the molecule is CC1CC(C(=O)O)CN(C(=O)NCc2ccnc(N3CCCC3)c2)C1. The number of pyridine rings is 1. The van der Waals surface area contributed by atoms with Gasteiger partial charge in [0.2, 0.25) is 0 Å². The molecular weight excluding hydrogens is 320 g/mol. The molecule has 7 heteroatoms. The third kappa shape index (κ3) is 4.41. The number of carbonyl (C=O) groups excluding carboxylic acids is 1. The van der Waals surface area contributed by atoms with E-state index >= 15 is 0 Å². The first kappa shape index (κ1) is 17.5. The first-order valence-corrected chi connectivity index (χ1v) is 8.98. The lowest BCUT2D eigenvalue weighted by Gasteiger charge is -2.34. The molecule has 2 aliphatic heterocycles. The number of rotatable bonds is 4. The number of piperidine rings is 1. The number of aliphatic carboxylic acids is 1. The fourth-order valence-electron chi connectivity index (χ4n) is 3.68. The molecule has 7 nitrogen and oxygen atoms in total. The van der Waals surface area contributed by atoms with Crippen molar-refractivity contribution >= 4 is 17.8 Å². The molecule has 2 atom stereocenters. The van der Waals surface area contributed by atoms with Gasteiger partial charge in [-0.1, -0.05) is 6.92 Å². The van der Waals surface area contributed by atoms with Crippen LogP contribution in [0.4, 0.5) is 10.6 Å². The van der Waals surface area contributed by atoms with Crippen molar-refractivity contribution in [2.75, 3.05) is 31.1 Å². The first-order chi connectivity index (χ1) is 12.0. The van der Waals surface area contributed by atoms with Gasteiger partial charge in [0.05, 0.1) is 5.92 Å². The van der Waals surface area contributed by atoms with E-state index in [0.29, 0.717) is 19.5 Å². The number of carboxylic acid groups (broad SMARTS) is 1. The second kappa shape index (κ2) is 7.72. The van der Waals surface area contributed by atoms with Crippen LogP contribution in [0.2, 0.25) is 0 Å². The van der Waals surface area contributed by atoms with Gasteiger partial charge in [0.15, 0.2) is 0 Å². The molecule has 0 aliphatic carbocycles. The van der Waals surface area contributed by atoms with Crippen molar-refractivity contribution in [2.45, 2.75) is 32.7 Å². The average Bonchev–Trinajstić information content (AvgIpc) is 3.14. The van der Waals surface area contributed by atoms with E-state index in [0.717, 1.165) is 24.5 Å². The predicted molar refractivity (Wildman–Crippen MR) is 94.4 cm³/mol. The normalized spacial score (nSPS) is 23.6. The fraction of sp³-hybridized carbons (Fsp3) is 0.611. The van der Waals surface area contributed by atoms with Gasteiger partial charge in [0.1, 0.15) is 5.82 Å². The number of carbonyl (C=O) groups is 2. The summed E-state index contributed by atoms with van der Waals surface area (Å²) in [6.07, 6.45) is 4.79. The number of carboxylic acids is 1. The van der Waals surface area contributed by atoms with Crippen LogP contribution >= 0.6 is 0 Å². The Labute approximate surface area is 148 Å². The standard InChI is InChI=1S/C18H26N4O3/c1-13-8-15(17(23)24)12-22(11-13)18(25)20-10-14-4-5-19-16(9-14)21-6-2-3-7-21/h4-5,9,13,15H,2-3,6-8,10-12H2,1H3,(H,20,25)(H,23,24). The minimum Gasteiger partial charge on any atom is -0.481 e. The number of hydrogen-bond donors (Lipinski definition) is 2. The zero-order valence-corrected chi connectivity index (χ0v) is 14.6. The van der Waals surface area contributed by atoms with E-state index in [1.165, 1.54) is 12.8 Å². The minimum absolute atomic E-state index is 0.197. The Bertz CT molecular complexity index is 631. The van der Waals surface area contributed by atoms with Gasteiger partial charge in [0.25, 0.3) is 0 Å². The summed E-state index contributed by atoms with van der Waals surface area (Å²) in [4.78, 5) is 32.0. The van der Waals surface area contributed by atoms with Gasteiger partial charge in [-0.2, -0.15) is 0 Å². The highest BCUT2D eigenvalue weighted by Crippen LogP contribution is 2.22. The Morgan fingerprint density at radius 1 is 1.32 bits per heavy atom. The highest BCUT2D eigenvalue weighted by molar-refractivity contribution is 5.76. The van der Waals surface area contributed by atoms with Crippen LogP contribution < -0.4 is 10.2 Å². The van der Waals surface area contributed by atoms with Crippen LogP contribution in [0, 0.1) is 11.8 Å². The molecule has 2 fully saturated rings. The second-order valence-corrected chi connectivity index (χ2v) is 7.16. The molecule has 25 heavy (non-hydrogen) atoms. The lowest BCUT2D eigenvalue weighted by atomic mass is 9.91. The molecule has 2 aliphatic rings. The second-order valence-electron chi connectivity index (χ2n) is 7.16. The van der Waals surface area contributed by atoms with E-state index in [4.69, 9.17) is 0 Å². The van der Waals surface area contributed by atoms with Crippen LogP contribution in [0.25, 0.3) is 0 Å². The highest BCUT2D eigenvalue weighted by atomic mass is 16.4. The van der Waals surface area contributed by atoms with Gasteiger partial charge >= 0.3 is 12.0 Å². The topological polar surface area (TPSA) is 85.8 Å². The van der Waals surface area contributed by atoms with Gasteiger partial charge in [-0.25, -0.2) is 9.78 Å². The molecular formula is C18H26N4O3. The van der Waals surface area contributed by atoms with Gasteiger partial charge in [-0.15, -0.1) is 0 Å². The molecule has 2 unspecified atom stereocenters. The first-order valence-electron chi connectivity index (χ1n) is 8.98. The lowest BCUT2D eigenvalue weighted by molar-refractivity contribution is -0.143. The molecule has 0 bridgehead atoms. The zero-order chi connectivity index (χ0) is 17.8. The fourth-order valence-corrected chi connectivity index (χ4v) is 3.68. The van der Waals surface area contributed by atoms with Crippen molar-refractivity contribution in [3.63, 3.8) is 0 Å². The molecule has 2 saturated heterocycles. The largest absolute Gasteiger partial charge is 0.481 e. The maximum atomic E-state index is 12.4. The molecule has 3 rings (SSSR count). The van der Waals surface area contributed by atoms with Crippen molar-refractivity contribution in [1.82, 2.24) is 15.2 Å². The molecule has 1 aromatic rings. The van der Waals surface area contributed by atoms with E-state index in [1.54, 1.807) is 11.1 Å². The van der Waals surface area contributed by atoms with Crippen molar-refractivity contribution in [1.29, 1.82) is 0 Å². The van der Waals surface area contributed by atoms with Crippen molar-refractivity contribution in [3.8, 4) is 0 Å². The van der Waals surface area contributed by atoms with E-state index in [9.17, 15) is 14.7 Å². The summed E-state index contributed by atoms with van der Waals surface area (Å²) in [5.41, 5.74) is 1.00. The molecule has 0 spiro atoms. The van der Waals surface area contributed by atoms with E-state index in [1.807, 2.05) is 19.1 Å². The Kier molecular flexibility index (Phi) is 5.40. The summed E-state index contributed by atoms with van der Waals surface area (Å²) in [6, 6.07) is 3.72. The maximum absolute atomic E-state index is 12.4. The summed E-state index contributed by atoms with van der Waals surface area (Å²) in [5, 5.41) is 12.1. The van der Waals surface area contributed by atoms with Crippen LogP contribution in [0.1, 0.15) is 31.7 Å². The monoisotopic (exact) mass is 346 g/mol. The summed E-state index contributed by atoms with van der Waals surface area (Å²) in [7, 11) is 0. The number of aromatic nitrogens is 1. The third-order valence-electron chi connectivity index (χ3n) is 4.98. The molecule has 3 heterocycles. The van der Waals surface area contributed by atoms with Crippen molar-refractivity contribution in [3.05, 3.63) is 23.9 Å². The average molecular weight is 346 g/mol. The molecule has 0 aromatic carbocycles. The number of nitrogens with one attached hydrogen (secondary N) is 1. The van der Waals surface area contributed by atoms with E-state index < -0.39 is 11.9 Å². The molecule has 1 aromatic heterocycles. The Balaban J connectivity index is 1.56. The van der Waals surface area contributed by atoms with Crippen LogP contribution in [-0.2, 0) is 11.3 Å². The van der Waals surface area contributed by atoms with E-state index in [2.05, 4.69) is 15.2 Å². The Morgan fingerprint density at radius 3 is 2.80 bits per heavy atom. The van der Waals surface area contributed by atoms with Crippen LogP contribution in [0.15, 0.2) is 18.3 Å². The molecule has 2 amide bonds. The Morgan fingerprint density at radius 2 is 2.08 bits per heavy atom. The maximum Gasteiger partial charge on any atom is 0.317 e. The Hall–Kier alpha value is -2.31. The molecule has 0 radical (unpaired) electrons. The highest BCUT2D eigenvalue weighted by Gasteiger charge is 2.31. The number of urea groups is 1. The number of likely N-dealkylation sites (tertiary alicyclic amines) is 1. The van der Waals surface area contributed by atoms with Gasteiger partial charge < -0.3 is 20.2 Å². The van der Waals surface area contributed by atoms with Crippen LogP contribution in [0.5, 0.6) is 0 Å². The predicted octanol–water partition coefficient (Wildman–Crippen LogP) is 1.93. The number of hydrogen-bond acceptors (Lipinski definition) is 4. The summed E-state index contributed by atoms with van der Waals surface area (Å²) in [6.45, 7) is 5.35. The van der Waals surface area contributed by atoms with Gasteiger partial charge in [-0.05, 0) is 42.9 Å². The van der Waals surface area contributed by atoms with Gasteiger partial charge in [0, 0.05) is 38.9 Å². The number of nitrogens with zero attached hydrogens (tertiary/aromatic N) is 3. The lowest BCUT2D eigenvalue weighted by Crippen LogP contribution is -2.49. The summed E-state index contributed by atoms with van der Waals surface area (Å²) < 4.78 is 0. The van der Waals surface area contributed by atoms with Crippen molar-refractivity contribution in [2.24, 2.45) is 11.8 Å². The van der Waals surface area contributed by atoms with Crippen LogP contribution in [0.3, 0.4) is 0 Å². The minimum atomic E-state index is -0.825. The van der Waals surface area contributed by atoms with Gasteiger partial charge in [-0.3, -0.25) is 4.79 Å². The smallest absolute Gasteiger partial charge is 0.317 e. The molecule has 136 valence electrons. The van der Waals surface area contributed by atoms with Crippen molar-refractivity contribution < 1.29 is 14.7 Å². The molecule has 2 N–H and O–H groups in total.